The van der Waals surface area contributed by atoms with Gasteiger partial charge < -0.3 is 18.5 Å². The number of hydrogen-bond acceptors (Lipinski definition) is 2. The summed E-state index contributed by atoms with van der Waals surface area (Å²) in [7, 11) is 0. The van der Waals surface area contributed by atoms with E-state index in [-0.39, 0.29) is 0 Å². The van der Waals surface area contributed by atoms with Gasteiger partial charge in [0.1, 0.15) is 11.2 Å². The maximum atomic E-state index is 6.69. The quantitative estimate of drug-likeness (QED) is 0.160. The van der Waals surface area contributed by atoms with E-state index in [1.165, 1.54) is 60.3 Å². The maximum absolute atomic E-state index is 6.69. The van der Waals surface area contributed by atoms with E-state index in [1.54, 1.807) is 0 Å². The largest absolute Gasteiger partial charge is 0.456 e. The van der Waals surface area contributed by atoms with Crippen LogP contribution in [0.3, 0.4) is 0 Å². The van der Waals surface area contributed by atoms with Gasteiger partial charge in [0, 0.05) is 66.8 Å². The second kappa shape index (κ2) is 14.5. The van der Waals surface area contributed by atoms with E-state index in [9.17, 15) is 0 Å². The third kappa shape index (κ3) is 5.70. The number of fused-ring (bicyclic) bond motifs is 9. The van der Waals surface area contributed by atoms with Gasteiger partial charge in [-0.2, -0.15) is 0 Å². The summed E-state index contributed by atoms with van der Waals surface area (Å²) in [5, 5.41) is 7.16. The molecule has 64 heavy (non-hydrogen) atoms. The Balaban J connectivity index is 0.934. The summed E-state index contributed by atoms with van der Waals surface area (Å²) in [5.41, 5.74) is 16.6. The van der Waals surface area contributed by atoms with Gasteiger partial charge in [0.25, 0.3) is 0 Å². The van der Waals surface area contributed by atoms with Crippen molar-refractivity contribution in [2.24, 2.45) is 0 Å². The van der Waals surface area contributed by atoms with Gasteiger partial charge in [-0.25, -0.2) is 0 Å². The number of benzene rings is 10. The third-order valence-corrected chi connectivity index (χ3v) is 12.9. The van der Waals surface area contributed by atoms with Crippen LogP contribution >= 0.6 is 0 Å². The lowest BCUT2D eigenvalue weighted by Gasteiger charge is -2.26. The van der Waals surface area contributed by atoms with E-state index in [1.807, 2.05) is 0 Å². The SMILES string of the molecule is c1ccc(-c2ccc(N(c3ccc(-c4cccc5c4c4ccccc4n5-c4ccccc4)cc3)c3ccc4c(c3)oc3ccc(-n5c6ccccc6c6ccccc65)cc34)cc2)cc1. The van der Waals surface area contributed by atoms with Gasteiger partial charge in [0.15, 0.2) is 0 Å². The molecule has 3 heterocycles. The van der Waals surface area contributed by atoms with Crippen molar-refractivity contribution in [1.29, 1.82) is 0 Å². The van der Waals surface area contributed by atoms with Crippen LogP contribution in [0.2, 0.25) is 0 Å². The van der Waals surface area contributed by atoms with Gasteiger partial charge in [-0.15, -0.1) is 0 Å². The molecule has 0 aliphatic rings. The highest BCUT2D eigenvalue weighted by Crippen LogP contribution is 2.43. The maximum Gasteiger partial charge on any atom is 0.137 e. The number of furan rings is 1. The van der Waals surface area contributed by atoms with Crippen molar-refractivity contribution >= 4 is 82.6 Å². The van der Waals surface area contributed by atoms with Crippen LogP contribution in [-0.4, -0.2) is 9.13 Å². The molecule has 4 heteroatoms. The van der Waals surface area contributed by atoms with Crippen LogP contribution in [0.15, 0.2) is 241 Å². The lowest BCUT2D eigenvalue weighted by molar-refractivity contribution is 0.669. The monoisotopic (exact) mass is 817 g/mol. The number of anilines is 3. The van der Waals surface area contributed by atoms with Crippen molar-refractivity contribution in [1.82, 2.24) is 9.13 Å². The van der Waals surface area contributed by atoms with Crippen LogP contribution in [-0.2, 0) is 0 Å². The van der Waals surface area contributed by atoms with Crippen molar-refractivity contribution in [3.05, 3.63) is 237 Å². The molecule has 0 amide bonds. The van der Waals surface area contributed by atoms with E-state index in [0.717, 1.165) is 55.9 Å². The number of para-hydroxylation sites is 4. The van der Waals surface area contributed by atoms with Crippen molar-refractivity contribution < 1.29 is 4.42 Å². The minimum absolute atomic E-state index is 0.843. The van der Waals surface area contributed by atoms with Gasteiger partial charge in [-0.05, 0) is 113 Å². The van der Waals surface area contributed by atoms with Crippen molar-refractivity contribution in [3.63, 3.8) is 0 Å². The van der Waals surface area contributed by atoms with E-state index in [2.05, 4.69) is 251 Å². The minimum Gasteiger partial charge on any atom is -0.456 e. The van der Waals surface area contributed by atoms with Crippen LogP contribution in [0, 0.1) is 0 Å². The Kier molecular flexibility index (Phi) is 8.18. The Hall–Kier alpha value is -8.60. The molecule has 0 saturated carbocycles. The predicted octanol–water partition coefficient (Wildman–Crippen LogP) is 16.6. The highest BCUT2D eigenvalue weighted by atomic mass is 16.3. The van der Waals surface area contributed by atoms with Crippen LogP contribution in [0.4, 0.5) is 17.1 Å². The van der Waals surface area contributed by atoms with E-state index >= 15 is 0 Å². The highest BCUT2D eigenvalue weighted by Gasteiger charge is 2.20. The first-order chi connectivity index (χ1) is 31.7. The summed E-state index contributed by atoms with van der Waals surface area (Å²) >= 11 is 0. The first-order valence-electron chi connectivity index (χ1n) is 21.8. The summed E-state index contributed by atoms with van der Waals surface area (Å²) in [5.74, 6) is 0. The molecule has 13 rings (SSSR count). The van der Waals surface area contributed by atoms with Crippen molar-refractivity contribution in [2.45, 2.75) is 0 Å². The molecule has 0 fully saturated rings. The first kappa shape index (κ1) is 36.1. The van der Waals surface area contributed by atoms with Crippen LogP contribution in [0.1, 0.15) is 0 Å². The molecule has 0 aliphatic carbocycles. The number of nitrogens with zero attached hydrogens (tertiary/aromatic N) is 3. The van der Waals surface area contributed by atoms with Crippen molar-refractivity contribution in [3.8, 4) is 33.6 Å². The average molecular weight is 818 g/mol. The molecule has 0 radical (unpaired) electrons. The van der Waals surface area contributed by atoms with Gasteiger partial charge in [0.05, 0.1) is 22.1 Å². The Morgan fingerprint density at radius 1 is 0.297 bits per heavy atom. The third-order valence-electron chi connectivity index (χ3n) is 12.9. The molecule has 13 aromatic rings. The summed E-state index contributed by atoms with van der Waals surface area (Å²) in [6, 6.07) is 85.0. The standard InChI is InChI=1S/C60H39N3O/c1-3-14-40(15-4-1)41-26-30-44(31-27-41)61(45-32-28-42(29-33-45)48-21-13-25-57-60(48)52-20-9-12-24-56(52)62(57)43-16-5-2-6-17-43)47-34-36-51-53-38-46(35-37-58(53)64-59(51)39-47)63-54-22-10-7-18-49(54)50-19-8-11-23-55(50)63/h1-39H. The highest BCUT2D eigenvalue weighted by molar-refractivity contribution is 6.16. The normalized spacial score (nSPS) is 11.8. The van der Waals surface area contributed by atoms with Crippen LogP contribution in [0.25, 0.3) is 99.2 Å². The fourth-order valence-corrected chi connectivity index (χ4v) is 10.0. The molecule has 300 valence electrons. The fraction of sp³-hybridized carbons (Fsp3) is 0. The second-order valence-electron chi connectivity index (χ2n) is 16.5. The summed E-state index contributed by atoms with van der Waals surface area (Å²) in [6.07, 6.45) is 0. The lowest BCUT2D eigenvalue weighted by Crippen LogP contribution is -2.09. The van der Waals surface area contributed by atoms with Crippen LogP contribution < -0.4 is 4.90 Å². The van der Waals surface area contributed by atoms with E-state index in [0.29, 0.717) is 0 Å². The molecular formula is C60H39N3O. The second-order valence-corrected chi connectivity index (χ2v) is 16.5. The Labute approximate surface area is 369 Å². The van der Waals surface area contributed by atoms with E-state index in [4.69, 9.17) is 4.42 Å². The average Bonchev–Trinajstić information content (AvgIpc) is 4.02. The van der Waals surface area contributed by atoms with Gasteiger partial charge in [-0.1, -0.05) is 140 Å². The number of aromatic nitrogens is 2. The molecular weight excluding hydrogens is 779 g/mol. The summed E-state index contributed by atoms with van der Waals surface area (Å²) in [6.45, 7) is 0. The smallest absolute Gasteiger partial charge is 0.137 e. The zero-order valence-corrected chi connectivity index (χ0v) is 34.8. The number of hydrogen-bond donors (Lipinski definition) is 0. The van der Waals surface area contributed by atoms with Gasteiger partial charge in [-0.3, -0.25) is 0 Å². The summed E-state index contributed by atoms with van der Waals surface area (Å²) < 4.78 is 11.4. The number of rotatable bonds is 7. The van der Waals surface area contributed by atoms with Crippen molar-refractivity contribution in [2.75, 3.05) is 4.90 Å². The summed E-state index contributed by atoms with van der Waals surface area (Å²) in [4.78, 5) is 2.33. The van der Waals surface area contributed by atoms with Gasteiger partial charge in [0.2, 0.25) is 0 Å². The molecule has 3 aromatic heterocycles. The van der Waals surface area contributed by atoms with E-state index < -0.39 is 0 Å². The lowest BCUT2D eigenvalue weighted by atomic mass is 9.99. The molecule has 0 N–H and O–H groups in total. The Bertz CT molecular complexity index is 3820. The Morgan fingerprint density at radius 2 is 0.828 bits per heavy atom. The fourth-order valence-electron chi connectivity index (χ4n) is 10.0. The molecule has 0 bridgehead atoms. The molecule has 0 unspecified atom stereocenters. The predicted molar refractivity (Wildman–Crippen MR) is 268 cm³/mol. The topological polar surface area (TPSA) is 26.2 Å². The molecule has 0 atom stereocenters. The molecule has 0 aliphatic heterocycles. The Morgan fingerprint density at radius 3 is 1.52 bits per heavy atom. The molecule has 10 aromatic carbocycles. The zero-order chi connectivity index (χ0) is 42.1. The minimum atomic E-state index is 0.843. The zero-order valence-electron chi connectivity index (χ0n) is 34.8. The molecule has 4 nitrogen and oxygen atoms in total. The molecule has 0 spiro atoms. The van der Waals surface area contributed by atoms with Crippen LogP contribution in [0.5, 0.6) is 0 Å². The molecule has 0 saturated heterocycles. The first-order valence-corrected chi connectivity index (χ1v) is 21.8. The van der Waals surface area contributed by atoms with Gasteiger partial charge >= 0.3 is 0 Å².